The van der Waals surface area contributed by atoms with Gasteiger partial charge in [0.1, 0.15) is 6.04 Å². The monoisotopic (exact) mass is 146 g/mol. The van der Waals surface area contributed by atoms with Crippen LogP contribution in [0.3, 0.4) is 0 Å². The average Bonchev–Trinajstić information content (AvgIpc) is 1.89. The molecule has 0 rings (SSSR count). The lowest BCUT2D eigenvalue weighted by atomic mass is 10.2. The minimum atomic E-state index is -0.794. The van der Waals surface area contributed by atoms with Crippen molar-refractivity contribution >= 4 is 5.97 Å². The standard InChI is InChI=1S/C6H14N2O2/c1-7-4-3-5(8-2)6(9)10/h5,7-8H,3-4H2,1-2H3,(H,9,10). The number of hydrogen-bond donors (Lipinski definition) is 3. The van der Waals surface area contributed by atoms with Gasteiger partial charge < -0.3 is 15.7 Å². The fourth-order valence-corrected chi connectivity index (χ4v) is 0.680. The Labute approximate surface area is 60.6 Å². The lowest BCUT2D eigenvalue weighted by Crippen LogP contribution is -2.36. The van der Waals surface area contributed by atoms with Crippen molar-refractivity contribution in [2.24, 2.45) is 0 Å². The van der Waals surface area contributed by atoms with Gasteiger partial charge in [-0.1, -0.05) is 0 Å². The lowest BCUT2D eigenvalue weighted by Gasteiger charge is -2.09. The Morgan fingerprint density at radius 2 is 2.20 bits per heavy atom. The first-order valence-electron chi connectivity index (χ1n) is 3.27. The number of carboxylic acid groups (broad SMARTS) is 1. The van der Waals surface area contributed by atoms with Gasteiger partial charge in [-0.3, -0.25) is 4.79 Å². The van der Waals surface area contributed by atoms with E-state index in [0.29, 0.717) is 6.42 Å². The molecule has 0 spiro atoms. The Morgan fingerprint density at radius 3 is 2.50 bits per heavy atom. The summed E-state index contributed by atoms with van der Waals surface area (Å²) in [6.07, 6.45) is 0.613. The molecule has 1 atom stereocenters. The quantitative estimate of drug-likeness (QED) is 0.478. The van der Waals surface area contributed by atoms with Gasteiger partial charge in [-0.2, -0.15) is 0 Å². The van der Waals surface area contributed by atoms with Gasteiger partial charge >= 0.3 is 5.97 Å². The number of carboxylic acids is 1. The van der Waals surface area contributed by atoms with E-state index >= 15 is 0 Å². The molecule has 10 heavy (non-hydrogen) atoms. The molecule has 0 saturated carbocycles. The zero-order chi connectivity index (χ0) is 7.98. The predicted octanol–water partition coefficient (Wildman–Crippen LogP) is -0.731. The van der Waals surface area contributed by atoms with Gasteiger partial charge in [0, 0.05) is 0 Å². The summed E-state index contributed by atoms with van der Waals surface area (Å²) in [5, 5.41) is 14.1. The van der Waals surface area contributed by atoms with Crippen LogP contribution < -0.4 is 10.6 Å². The van der Waals surface area contributed by atoms with E-state index in [0.717, 1.165) is 6.54 Å². The van der Waals surface area contributed by atoms with Crippen LogP contribution in [-0.2, 0) is 4.79 Å². The topological polar surface area (TPSA) is 61.4 Å². The molecule has 0 heterocycles. The third-order valence-electron chi connectivity index (χ3n) is 1.33. The van der Waals surface area contributed by atoms with Crippen molar-refractivity contribution in [2.75, 3.05) is 20.6 Å². The number of nitrogens with one attached hydrogen (secondary N) is 2. The van der Waals surface area contributed by atoms with E-state index < -0.39 is 12.0 Å². The van der Waals surface area contributed by atoms with Crippen molar-refractivity contribution in [1.29, 1.82) is 0 Å². The van der Waals surface area contributed by atoms with E-state index in [1.807, 2.05) is 0 Å². The molecule has 0 bridgehead atoms. The first-order chi connectivity index (χ1) is 4.72. The largest absolute Gasteiger partial charge is 0.480 e. The molecule has 4 nitrogen and oxygen atoms in total. The number of hydrogen-bond acceptors (Lipinski definition) is 3. The van der Waals surface area contributed by atoms with Crippen molar-refractivity contribution in [3.05, 3.63) is 0 Å². The number of aliphatic carboxylic acids is 1. The fraction of sp³-hybridized carbons (Fsp3) is 0.833. The van der Waals surface area contributed by atoms with Crippen LogP contribution in [0.25, 0.3) is 0 Å². The smallest absolute Gasteiger partial charge is 0.320 e. The van der Waals surface area contributed by atoms with Gasteiger partial charge in [0.2, 0.25) is 0 Å². The molecule has 0 aliphatic heterocycles. The molecule has 3 N–H and O–H groups in total. The summed E-state index contributed by atoms with van der Waals surface area (Å²) in [6, 6.07) is -0.424. The molecule has 0 aliphatic carbocycles. The van der Waals surface area contributed by atoms with Gasteiger partial charge in [0.15, 0.2) is 0 Å². The van der Waals surface area contributed by atoms with E-state index in [1.165, 1.54) is 0 Å². The zero-order valence-electron chi connectivity index (χ0n) is 6.35. The van der Waals surface area contributed by atoms with Gasteiger partial charge in [0.25, 0.3) is 0 Å². The summed E-state index contributed by atoms with van der Waals surface area (Å²) in [7, 11) is 3.45. The minimum Gasteiger partial charge on any atom is -0.480 e. The molecule has 60 valence electrons. The first kappa shape index (κ1) is 9.39. The maximum atomic E-state index is 10.3. The summed E-state index contributed by atoms with van der Waals surface area (Å²) in [5.74, 6) is -0.794. The van der Waals surface area contributed by atoms with Crippen LogP contribution in [0.15, 0.2) is 0 Å². The maximum absolute atomic E-state index is 10.3. The minimum absolute atomic E-state index is 0.424. The Kier molecular flexibility index (Phi) is 4.88. The highest BCUT2D eigenvalue weighted by atomic mass is 16.4. The lowest BCUT2D eigenvalue weighted by molar-refractivity contribution is -0.139. The molecule has 0 aromatic rings. The van der Waals surface area contributed by atoms with Gasteiger partial charge in [-0.15, -0.1) is 0 Å². The Balaban J connectivity index is 3.50. The molecule has 0 amide bonds. The number of likely N-dealkylation sites (N-methyl/N-ethyl adjacent to an activating group) is 1. The van der Waals surface area contributed by atoms with Crippen LogP contribution in [0.1, 0.15) is 6.42 Å². The highest BCUT2D eigenvalue weighted by molar-refractivity contribution is 5.73. The highest BCUT2D eigenvalue weighted by Crippen LogP contribution is 1.88. The molecule has 0 radical (unpaired) electrons. The Morgan fingerprint density at radius 1 is 1.60 bits per heavy atom. The van der Waals surface area contributed by atoms with E-state index in [9.17, 15) is 4.79 Å². The van der Waals surface area contributed by atoms with Crippen molar-refractivity contribution in [1.82, 2.24) is 10.6 Å². The number of rotatable bonds is 5. The summed E-state index contributed by atoms with van der Waals surface area (Å²) in [6.45, 7) is 0.720. The van der Waals surface area contributed by atoms with E-state index in [2.05, 4.69) is 10.6 Å². The SMILES string of the molecule is CNCCC(NC)C(=O)O. The second-order valence-corrected chi connectivity index (χ2v) is 2.07. The van der Waals surface area contributed by atoms with Crippen LogP contribution in [0.4, 0.5) is 0 Å². The molecule has 0 aliphatic rings. The normalized spacial score (nSPS) is 13.0. The predicted molar refractivity (Wildman–Crippen MR) is 39.0 cm³/mol. The molecule has 0 aromatic carbocycles. The second-order valence-electron chi connectivity index (χ2n) is 2.07. The van der Waals surface area contributed by atoms with Crippen molar-refractivity contribution in [3.63, 3.8) is 0 Å². The van der Waals surface area contributed by atoms with Gasteiger partial charge in [-0.25, -0.2) is 0 Å². The molecule has 0 saturated heterocycles. The number of carbonyl (C=O) groups is 1. The van der Waals surface area contributed by atoms with E-state index in [-0.39, 0.29) is 0 Å². The molecule has 1 unspecified atom stereocenters. The van der Waals surface area contributed by atoms with Crippen molar-refractivity contribution in [2.45, 2.75) is 12.5 Å². The third-order valence-corrected chi connectivity index (χ3v) is 1.33. The van der Waals surface area contributed by atoms with Crippen LogP contribution in [0, 0.1) is 0 Å². The zero-order valence-corrected chi connectivity index (χ0v) is 6.35. The van der Waals surface area contributed by atoms with Crippen LogP contribution >= 0.6 is 0 Å². The highest BCUT2D eigenvalue weighted by Gasteiger charge is 2.12. The summed E-state index contributed by atoms with van der Waals surface area (Å²) in [4.78, 5) is 10.3. The Bertz CT molecular complexity index is 106. The maximum Gasteiger partial charge on any atom is 0.320 e. The van der Waals surface area contributed by atoms with Crippen LogP contribution in [0.5, 0.6) is 0 Å². The Hall–Kier alpha value is -0.610. The van der Waals surface area contributed by atoms with Crippen LogP contribution in [0.2, 0.25) is 0 Å². The third kappa shape index (κ3) is 3.42. The van der Waals surface area contributed by atoms with E-state index in [4.69, 9.17) is 5.11 Å². The summed E-state index contributed by atoms with van der Waals surface area (Å²) >= 11 is 0. The fourth-order valence-electron chi connectivity index (χ4n) is 0.680. The summed E-state index contributed by atoms with van der Waals surface area (Å²) < 4.78 is 0. The average molecular weight is 146 g/mol. The molecule has 0 aromatic heterocycles. The van der Waals surface area contributed by atoms with Gasteiger partial charge in [0.05, 0.1) is 0 Å². The molecule has 4 heteroatoms. The van der Waals surface area contributed by atoms with Crippen LogP contribution in [-0.4, -0.2) is 37.8 Å². The van der Waals surface area contributed by atoms with E-state index in [1.54, 1.807) is 14.1 Å². The van der Waals surface area contributed by atoms with Gasteiger partial charge in [-0.05, 0) is 27.1 Å². The second kappa shape index (κ2) is 5.20. The first-order valence-corrected chi connectivity index (χ1v) is 3.27. The molecular formula is C6H14N2O2. The van der Waals surface area contributed by atoms with Crippen molar-refractivity contribution < 1.29 is 9.90 Å². The van der Waals surface area contributed by atoms with Crippen molar-refractivity contribution in [3.8, 4) is 0 Å². The summed E-state index contributed by atoms with van der Waals surface area (Å²) in [5.41, 5.74) is 0. The molecule has 0 fully saturated rings. The molecular weight excluding hydrogens is 132 g/mol.